The molecule has 0 fully saturated rings. The molecule has 5 rings (SSSR count). The van der Waals surface area contributed by atoms with Crippen LogP contribution in [-0.2, 0) is 11.4 Å². The molecular formula is C25H17NO3. The Morgan fingerprint density at radius 1 is 0.793 bits per heavy atom. The summed E-state index contributed by atoms with van der Waals surface area (Å²) in [5, 5.41) is 0.786. The van der Waals surface area contributed by atoms with Gasteiger partial charge >= 0.3 is 0 Å². The SMILES string of the molecule is O=C1C(=O)c2c([nH]c3ccccc23)/C1=C\c1ccc(OCc2ccccc2)cc1. The molecule has 0 amide bonds. The summed E-state index contributed by atoms with van der Waals surface area (Å²) >= 11 is 0. The van der Waals surface area contributed by atoms with E-state index >= 15 is 0 Å². The van der Waals surface area contributed by atoms with Crippen molar-refractivity contribution in [2.75, 3.05) is 0 Å². The van der Waals surface area contributed by atoms with Crippen molar-refractivity contribution in [1.29, 1.82) is 0 Å². The van der Waals surface area contributed by atoms with Crippen molar-refractivity contribution >= 4 is 34.1 Å². The highest BCUT2D eigenvalue weighted by Gasteiger charge is 2.36. The molecule has 0 saturated heterocycles. The number of allylic oxidation sites excluding steroid dienone is 1. The minimum Gasteiger partial charge on any atom is -0.489 e. The van der Waals surface area contributed by atoms with Gasteiger partial charge in [-0.05, 0) is 35.4 Å². The van der Waals surface area contributed by atoms with Gasteiger partial charge in [-0.3, -0.25) is 9.59 Å². The van der Waals surface area contributed by atoms with Gasteiger partial charge in [-0.2, -0.15) is 0 Å². The number of fused-ring (bicyclic) bond motifs is 3. The van der Waals surface area contributed by atoms with Crippen molar-refractivity contribution < 1.29 is 14.3 Å². The minimum absolute atomic E-state index is 0.402. The number of Topliss-reactive ketones (excluding diaryl/α,β-unsaturated/α-hetero) is 2. The molecular weight excluding hydrogens is 362 g/mol. The first-order valence-corrected chi connectivity index (χ1v) is 9.39. The summed E-state index contributed by atoms with van der Waals surface area (Å²) in [4.78, 5) is 28.3. The lowest BCUT2D eigenvalue weighted by Gasteiger charge is -2.06. The summed E-state index contributed by atoms with van der Waals surface area (Å²) in [7, 11) is 0. The first-order chi connectivity index (χ1) is 14.2. The van der Waals surface area contributed by atoms with E-state index in [1.165, 1.54) is 0 Å². The van der Waals surface area contributed by atoms with Crippen LogP contribution in [0.3, 0.4) is 0 Å². The second-order valence-electron chi connectivity index (χ2n) is 6.98. The third-order valence-electron chi connectivity index (χ3n) is 5.09. The van der Waals surface area contributed by atoms with Gasteiger partial charge in [0.05, 0.1) is 16.8 Å². The Morgan fingerprint density at radius 2 is 1.52 bits per heavy atom. The smallest absolute Gasteiger partial charge is 0.236 e. The Kier molecular flexibility index (Phi) is 4.10. The van der Waals surface area contributed by atoms with Crippen LogP contribution in [0.25, 0.3) is 22.6 Å². The van der Waals surface area contributed by atoms with Crippen LogP contribution < -0.4 is 4.74 Å². The highest BCUT2D eigenvalue weighted by molar-refractivity contribution is 6.65. The number of carbonyl (C=O) groups is 2. The zero-order valence-electron chi connectivity index (χ0n) is 15.5. The van der Waals surface area contributed by atoms with E-state index in [4.69, 9.17) is 4.74 Å². The second kappa shape index (κ2) is 6.91. The molecule has 29 heavy (non-hydrogen) atoms. The summed E-state index contributed by atoms with van der Waals surface area (Å²) in [5.74, 6) is -0.177. The topological polar surface area (TPSA) is 59.2 Å². The fraction of sp³-hybridized carbons (Fsp3) is 0.0400. The minimum atomic E-state index is -0.471. The zero-order valence-corrected chi connectivity index (χ0v) is 15.5. The summed E-state index contributed by atoms with van der Waals surface area (Å²) in [6.45, 7) is 0.493. The molecule has 0 spiro atoms. The Hall–Kier alpha value is -3.92. The standard InChI is InChI=1S/C25H17NO3/c27-24-20(23-22(25(24)28)19-8-4-5-9-21(19)26-23)14-16-10-12-18(13-11-16)29-15-17-6-2-1-3-7-17/h1-14,26H,15H2/b20-14+. The summed E-state index contributed by atoms with van der Waals surface area (Å²) < 4.78 is 5.80. The number of carbonyl (C=O) groups excluding carboxylic acids is 2. The number of aromatic amines is 1. The summed E-state index contributed by atoms with van der Waals surface area (Å²) in [6.07, 6.45) is 1.75. The molecule has 0 unspecified atom stereocenters. The lowest BCUT2D eigenvalue weighted by Crippen LogP contribution is -2.06. The number of para-hydroxylation sites is 1. The highest BCUT2D eigenvalue weighted by Crippen LogP contribution is 2.36. The number of ether oxygens (including phenoxy) is 1. The van der Waals surface area contributed by atoms with E-state index in [1.54, 1.807) is 6.08 Å². The van der Waals surface area contributed by atoms with Crippen molar-refractivity contribution in [2.45, 2.75) is 6.61 Å². The molecule has 4 nitrogen and oxygen atoms in total. The van der Waals surface area contributed by atoms with Crippen LogP contribution in [0.4, 0.5) is 0 Å². The van der Waals surface area contributed by atoms with Crippen LogP contribution in [0.2, 0.25) is 0 Å². The average Bonchev–Trinajstić information content (AvgIpc) is 3.25. The molecule has 1 aromatic heterocycles. The normalized spacial score (nSPS) is 14.6. The van der Waals surface area contributed by atoms with E-state index in [9.17, 15) is 9.59 Å². The Labute approximate surface area is 167 Å². The van der Waals surface area contributed by atoms with Gasteiger partial charge in [-0.25, -0.2) is 0 Å². The molecule has 0 radical (unpaired) electrons. The van der Waals surface area contributed by atoms with Crippen molar-refractivity contribution in [2.24, 2.45) is 0 Å². The van der Waals surface area contributed by atoms with Gasteiger partial charge in [-0.1, -0.05) is 60.7 Å². The Morgan fingerprint density at radius 3 is 2.31 bits per heavy atom. The van der Waals surface area contributed by atoms with Gasteiger partial charge in [0.1, 0.15) is 12.4 Å². The van der Waals surface area contributed by atoms with E-state index in [-0.39, 0.29) is 0 Å². The molecule has 1 aliphatic rings. The monoisotopic (exact) mass is 379 g/mol. The van der Waals surface area contributed by atoms with E-state index in [2.05, 4.69) is 4.98 Å². The van der Waals surface area contributed by atoms with E-state index in [0.717, 1.165) is 27.8 Å². The Bertz CT molecular complexity index is 1260. The first-order valence-electron chi connectivity index (χ1n) is 9.39. The zero-order chi connectivity index (χ0) is 19.8. The van der Waals surface area contributed by atoms with Gasteiger partial charge in [-0.15, -0.1) is 0 Å². The number of aromatic nitrogens is 1. The van der Waals surface area contributed by atoms with Crippen molar-refractivity contribution in [3.63, 3.8) is 0 Å². The molecule has 1 N–H and O–H groups in total. The van der Waals surface area contributed by atoms with Crippen LogP contribution in [0.1, 0.15) is 27.2 Å². The average molecular weight is 379 g/mol. The van der Waals surface area contributed by atoms with Crippen LogP contribution in [0.15, 0.2) is 78.9 Å². The first kappa shape index (κ1) is 17.2. The van der Waals surface area contributed by atoms with Crippen molar-refractivity contribution in [1.82, 2.24) is 4.98 Å². The molecule has 0 aliphatic heterocycles. The number of nitrogens with one attached hydrogen (secondary N) is 1. The van der Waals surface area contributed by atoms with Gasteiger partial charge < -0.3 is 9.72 Å². The quantitative estimate of drug-likeness (QED) is 0.399. The molecule has 1 aliphatic carbocycles. The van der Waals surface area contributed by atoms with Gasteiger partial charge in [0, 0.05) is 10.9 Å². The number of hydrogen-bond acceptors (Lipinski definition) is 3. The second-order valence-corrected chi connectivity index (χ2v) is 6.98. The van der Waals surface area contributed by atoms with Gasteiger partial charge in [0.15, 0.2) is 0 Å². The molecule has 0 saturated carbocycles. The maximum Gasteiger partial charge on any atom is 0.236 e. The van der Waals surface area contributed by atoms with Crippen molar-refractivity contribution in [3.05, 3.63) is 101 Å². The van der Waals surface area contributed by atoms with Gasteiger partial charge in [0.25, 0.3) is 0 Å². The molecule has 3 aromatic carbocycles. The lowest BCUT2D eigenvalue weighted by atomic mass is 10.1. The predicted molar refractivity (Wildman–Crippen MR) is 113 cm³/mol. The fourth-order valence-corrected chi connectivity index (χ4v) is 3.63. The largest absolute Gasteiger partial charge is 0.489 e. The molecule has 0 atom stereocenters. The third kappa shape index (κ3) is 3.05. The van der Waals surface area contributed by atoms with Crippen molar-refractivity contribution in [3.8, 4) is 5.75 Å². The highest BCUT2D eigenvalue weighted by atomic mass is 16.5. The van der Waals surface area contributed by atoms with Crippen LogP contribution in [-0.4, -0.2) is 16.6 Å². The van der Waals surface area contributed by atoms with E-state index in [1.807, 2.05) is 78.9 Å². The maximum absolute atomic E-state index is 12.5. The van der Waals surface area contributed by atoms with Crippen LogP contribution in [0.5, 0.6) is 5.75 Å². The Balaban J connectivity index is 1.42. The maximum atomic E-state index is 12.5. The van der Waals surface area contributed by atoms with Gasteiger partial charge in [0.2, 0.25) is 11.6 Å². The molecule has 4 aromatic rings. The summed E-state index contributed by atoms with van der Waals surface area (Å²) in [5.41, 5.74) is 4.26. The molecule has 1 heterocycles. The lowest BCUT2D eigenvalue weighted by molar-refractivity contribution is -0.109. The van der Waals surface area contributed by atoms with E-state index in [0.29, 0.717) is 23.4 Å². The predicted octanol–water partition coefficient (Wildman–Crippen LogP) is 5.05. The number of ketones is 2. The summed E-state index contributed by atoms with van der Waals surface area (Å²) in [6, 6.07) is 25.0. The number of benzene rings is 3. The van der Waals surface area contributed by atoms with Crippen LogP contribution >= 0.6 is 0 Å². The molecule has 4 heteroatoms. The number of rotatable bonds is 4. The molecule has 0 bridgehead atoms. The number of hydrogen-bond donors (Lipinski definition) is 1. The fourth-order valence-electron chi connectivity index (χ4n) is 3.63. The van der Waals surface area contributed by atoms with Crippen LogP contribution in [0, 0.1) is 0 Å². The van der Waals surface area contributed by atoms with E-state index < -0.39 is 11.6 Å². The number of H-pyrrole nitrogens is 1. The third-order valence-corrected chi connectivity index (χ3v) is 5.09. The molecule has 140 valence electrons.